The molecule has 1 aromatic rings. The molecule has 1 rings (SSSR count). The predicted octanol–water partition coefficient (Wildman–Crippen LogP) is 3.35. The maximum absolute atomic E-state index is 12.2. The van der Waals surface area contributed by atoms with Crippen LogP contribution in [0, 0.1) is 5.92 Å². The van der Waals surface area contributed by atoms with Crippen molar-refractivity contribution in [1.29, 1.82) is 0 Å². The van der Waals surface area contributed by atoms with Crippen molar-refractivity contribution in [3.63, 3.8) is 0 Å². The summed E-state index contributed by atoms with van der Waals surface area (Å²) < 4.78 is 0.605. The second-order valence-corrected chi connectivity index (χ2v) is 5.49. The standard InChI is InChI=1S/C13H19BrN2O/c1-9(2)8-10(3)16(4)13(17)11-6-5-7-15-12(11)14/h5-7,9-10H,8H2,1-4H3. The average molecular weight is 299 g/mol. The summed E-state index contributed by atoms with van der Waals surface area (Å²) >= 11 is 3.31. The van der Waals surface area contributed by atoms with E-state index in [0.29, 0.717) is 16.1 Å². The average Bonchev–Trinajstić information content (AvgIpc) is 2.27. The van der Waals surface area contributed by atoms with Gasteiger partial charge in [-0.2, -0.15) is 0 Å². The third-order valence-corrected chi connectivity index (χ3v) is 3.42. The van der Waals surface area contributed by atoms with Crippen LogP contribution in [-0.4, -0.2) is 28.9 Å². The Hall–Kier alpha value is -0.900. The van der Waals surface area contributed by atoms with Crippen molar-refractivity contribution in [1.82, 2.24) is 9.88 Å². The topological polar surface area (TPSA) is 33.2 Å². The van der Waals surface area contributed by atoms with Crippen LogP contribution in [0.5, 0.6) is 0 Å². The molecule has 1 heterocycles. The molecule has 0 fully saturated rings. The van der Waals surface area contributed by atoms with Crippen LogP contribution in [0.2, 0.25) is 0 Å². The van der Waals surface area contributed by atoms with Gasteiger partial charge < -0.3 is 4.90 Å². The summed E-state index contributed by atoms with van der Waals surface area (Å²) in [5, 5.41) is 0. The molecule has 3 nitrogen and oxygen atoms in total. The van der Waals surface area contributed by atoms with E-state index < -0.39 is 0 Å². The fourth-order valence-corrected chi connectivity index (χ4v) is 2.20. The van der Waals surface area contributed by atoms with Crippen LogP contribution in [0.1, 0.15) is 37.6 Å². The zero-order chi connectivity index (χ0) is 13.0. The number of hydrogen-bond acceptors (Lipinski definition) is 2. The van der Waals surface area contributed by atoms with E-state index in [1.54, 1.807) is 23.2 Å². The highest BCUT2D eigenvalue weighted by Crippen LogP contribution is 2.17. The van der Waals surface area contributed by atoms with Gasteiger partial charge in [0.1, 0.15) is 4.60 Å². The number of nitrogens with zero attached hydrogens (tertiary/aromatic N) is 2. The summed E-state index contributed by atoms with van der Waals surface area (Å²) in [6.45, 7) is 6.39. The summed E-state index contributed by atoms with van der Waals surface area (Å²) in [6.07, 6.45) is 2.67. The van der Waals surface area contributed by atoms with Crippen LogP contribution in [0.4, 0.5) is 0 Å². The van der Waals surface area contributed by atoms with Gasteiger partial charge in [0, 0.05) is 19.3 Å². The number of rotatable bonds is 4. The third kappa shape index (κ3) is 3.80. The Kier molecular flexibility index (Phi) is 5.12. The first-order valence-electron chi connectivity index (χ1n) is 5.81. The second kappa shape index (κ2) is 6.15. The van der Waals surface area contributed by atoms with E-state index in [1.165, 1.54) is 0 Å². The lowest BCUT2D eigenvalue weighted by atomic mass is 10.0. The molecule has 0 saturated heterocycles. The van der Waals surface area contributed by atoms with Crippen molar-refractivity contribution < 1.29 is 4.79 Å². The van der Waals surface area contributed by atoms with Crippen LogP contribution < -0.4 is 0 Å². The van der Waals surface area contributed by atoms with Crippen molar-refractivity contribution in [2.24, 2.45) is 5.92 Å². The summed E-state index contributed by atoms with van der Waals surface area (Å²) in [5.41, 5.74) is 0.616. The van der Waals surface area contributed by atoms with Crippen molar-refractivity contribution >= 4 is 21.8 Å². The summed E-state index contributed by atoms with van der Waals surface area (Å²) in [7, 11) is 1.84. The molecule has 0 spiro atoms. The minimum Gasteiger partial charge on any atom is -0.339 e. The van der Waals surface area contributed by atoms with Crippen molar-refractivity contribution in [2.45, 2.75) is 33.2 Å². The number of aromatic nitrogens is 1. The number of carbonyl (C=O) groups is 1. The summed E-state index contributed by atoms with van der Waals surface area (Å²) in [6, 6.07) is 3.80. The van der Waals surface area contributed by atoms with E-state index in [0.717, 1.165) is 6.42 Å². The van der Waals surface area contributed by atoms with Crippen LogP contribution >= 0.6 is 15.9 Å². The molecule has 1 unspecified atom stereocenters. The number of amides is 1. The zero-order valence-electron chi connectivity index (χ0n) is 10.8. The highest BCUT2D eigenvalue weighted by atomic mass is 79.9. The molecule has 0 aromatic carbocycles. The Labute approximate surface area is 111 Å². The van der Waals surface area contributed by atoms with Gasteiger partial charge in [-0.15, -0.1) is 0 Å². The Morgan fingerprint density at radius 1 is 1.47 bits per heavy atom. The molecular formula is C13H19BrN2O. The predicted molar refractivity (Wildman–Crippen MR) is 72.9 cm³/mol. The molecule has 1 aromatic heterocycles. The Morgan fingerprint density at radius 3 is 2.65 bits per heavy atom. The van der Waals surface area contributed by atoms with Crippen molar-refractivity contribution in [3.05, 3.63) is 28.5 Å². The molecule has 1 amide bonds. The van der Waals surface area contributed by atoms with Crippen molar-refractivity contribution in [3.8, 4) is 0 Å². The SMILES string of the molecule is CC(C)CC(C)N(C)C(=O)c1cccnc1Br. The maximum Gasteiger partial charge on any atom is 0.256 e. The minimum atomic E-state index is 0.0122. The van der Waals surface area contributed by atoms with Gasteiger partial charge in [0.15, 0.2) is 0 Å². The number of pyridine rings is 1. The van der Waals surface area contributed by atoms with Gasteiger partial charge in [0.05, 0.1) is 5.56 Å². The van der Waals surface area contributed by atoms with Crippen LogP contribution in [0.3, 0.4) is 0 Å². The molecule has 0 radical (unpaired) electrons. The quantitative estimate of drug-likeness (QED) is 0.799. The van der Waals surface area contributed by atoms with E-state index >= 15 is 0 Å². The highest BCUT2D eigenvalue weighted by molar-refractivity contribution is 9.10. The van der Waals surface area contributed by atoms with E-state index in [2.05, 4.69) is 41.7 Å². The summed E-state index contributed by atoms with van der Waals surface area (Å²) in [5.74, 6) is 0.593. The lowest BCUT2D eigenvalue weighted by Crippen LogP contribution is -2.36. The molecule has 0 aliphatic heterocycles. The number of hydrogen-bond donors (Lipinski definition) is 0. The van der Waals surface area contributed by atoms with E-state index in [1.807, 2.05) is 7.05 Å². The molecule has 17 heavy (non-hydrogen) atoms. The molecule has 4 heteroatoms. The fourth-order valence-electron chi connectivity index (χ4n) is 1.78. The fraction of sp³-hybridized carbons (Fsp3) is 0.538. The second-order valence-electron chi connectivity index (χ2n) is 4.74. The third-order valence-electron chi connectivity index (χ3n) is 2.78. The first kappa shape index (κ1) is 14.2. The molecule has 0 N–H and O–H groups in total. The molecule has 0 aliphatic carbocycles. The van der Waals surface area contributed by atoms with Crippen LogP contribution in [0.15, 0.2) is 22.9 Å². The van der Waals surface area contributed by atoms with Gasteiger partial charge >= 0.3 is 0 Å². The number of carbonyl (C=O) groups excluding carboxylic acids is 1. The maximum atomic E-state index is 12.2. The van der Waals surface area contributed by atoms with Gasteiger partial charge in [-0.05, 0) is 47.3 Å². The van der Waals surface area contributed by atoms with Crippen LogP contribution in [-0.2, 0) is 0 Å². The Balaban J connectivity index is 2.80. The molecule has 1 atom stereocenters. The Bertz CT molecular complexity index is 393. The lowest BCUT2D eigenvalue weighted by Gasteiger charge is -2.26. The lowest BCUT2D eigenvalue weighted by molar-refractivity contribution is 0.0727. The van der Waals surface area contributed by atoms with E-state index in [4.69, 9.17) is 0 Å². The highest BCUT2D eigenvalue weighted by Gasteiger charge is 2.20. The monoisotopic (exact) mass is 298 g/mol. The van der Waals surface area contributed by atoms with Gasteiger partial charge in [-0.3, -0.25) is 4.79 Å². The molecule has 0 bridgehead atoms. The normalized spacial score (nSPS) is 12.6. The Morgan fingerprint density at radius 2 is 2.12 bits per heavy atom. The largest absolute Gasteiger partial charge is 0.339 e. The summed E-state index contributed by atoms with van der Waals surface area (Å²) in [4.78, 5) is 18.1. The van der Waals surface area contributed by atoms with Gasteiger partial charge in [-0.1, -0.05) is 13.8 Å². The molecule has 0 aliphatic rings. The molecular weight excluding hydrogens is 280 g/mol. The van der Waals surface area contributed by atoms with Crippen molar-refractivity contribution in [2.75, 3.05) is 7.05 Å². The minimum absolute atomic E-state index is 0.0122. The smallest absolute Gasteiger partial charge is 0.256 e. The zero-order valence-corrected chi connectivity index (χ0v) is 12.4. The molecule has 0 saturated carbocycles. The van der Waals surface area contributed by atoms with Crippen LogP contribution in [0.25, 0.3) is 0 Å². The van der Waals surface area contributed by atoms with Gasteiger partial charge in [0.2, 0.25) is 0 Å². The first-order chi connectivity index (χ1) is 7.93. The van der Waals surface area contributed by atoms with E-state index in [-0.39, 0.29) is 11.9 Å². The van der Waals surface area contributed by atoms with Gasteiger partial charge in [0.25, 0.3) is 5.91 Å². The van der Waals surface area contributed by atoms with Gasteiger partial charge in [-0.25, -0.2) is 4.98 Å². The molecule has 94 valence electrons. The first-order valence-corrected chi connectivity index (χ1v) is 6.60. The van der Waals surface area contributed by atoms with E-state index in [9.17, 15) is 4.79 Å². The number of halogens is 1.